The van der Waals surface area contributed by atoms with Crippen molar-refractivity contribution in [3.8, 4) is 0 Å². The summed E-state index contributed by atoms with van der Waals surface area (Å²) in [5.41, 5.74) is 2.81. The Kier molecular flexibility index (Phi) is 4.61. The fourth-order valence-corrected chi connectivity index (χ4v) is 2.44. The molecule has 5 heteroatoms. The summed E-state index contributed by atoms with van der Waals surface area (Å²) < 4.78 is 1.70. The van der Waals surface area contributed by atoms with Crippen molar-refractivity contribution in [3.63, 3.8) is 0 Å². The van der Waals surface area contributed by atoms with E-state index in [1.165, 1.54) is 0 Å². The molecule has 0 bridgehead atoms. The van der Waals surface area contributed by atoms with Crippen LogP contribution >= 0.6 is 0 Å². The first-order valence-corrected chi connectivity index (χ1v) is 7.80. The second kappa shape index (κ2) is 7.00. The Balaban J connectivity index is 1.83. The minimum atomic E-state index is -0.526. The van der Waals surface area contributed by atoms with Gasteiger partial charge in [0, 0.05) is 25.0 Å². The number of carbonyl (C=O) groups is 1. The standard InChI is InChI=1S/C19H20N4O/c1-14-8-10-16(11-9-14)20-19(24)18(15-6-4-3-5-7-15)21-17-12-13-23(2)22-17/h3-13,18H,1-2H3,(H,20,24)(H,21,22)/t18-/m1/s1. The molecule has 1 heterocycles. The van der Waals surface area contributed by atoms with Crippen molar-refractivity contribution < 1.29 is 4.79 Å². The summed E-state index contributed by atoms with van der Waals surface area (Å²) in [5.74, 6) is 0.529. The van der Waals surface area contributed by atoms with Crippen LogP contribution in [0.25, 0.3) is 0 Å². The van der Waals surface area contributed by atoms with Crippen LogP contribution in [-0.4, -0.2) is 15.7 Å². The second-order valence-electron chi connectivity index (χ2n) is 5.72. The molecule has 0 unspecified atom stereocenters. The third-order valence-electron chi connectivity index (χ3n) is 3.72. The first-order chi connectivity index (χ1) is 11.6. The highest BCUT2D eigenvalue weighted by atomic mass is 16.2. The summed E-state index contributed by atoms with van der Waals surface area (Å²) in [6.07, 6.45) is 1.84. The molecule has 0 aliphatic carbocycles. The van der Waals surface area contributed by atoms with Gasteiger partial charge in [0.2, 0.25) is 0 Å². The molecular weight excluding hydrogens is 300 g/mol. The molecule has 1 aromatic heterocycles. The second-order valence-corrected chi connectivity index (χ2v) is 5.72. The lowest BCUT2D eigenvalue weighted by Gasteiger charge is -2.18. The van der Waals surface area contributed by atoms with Gasteiger partial charge in [-0.1, -0.05) is 48.0 Å². The van der Waals surface area contributed by atoms with E-state index in [0.717, 1.165) is 16.8 Å². The number of amides is 1. The molecule has 122 valence electrons. The van der Waals surface area contributed by atoms with Gasteiger partial charge in [-0.15, -0.1) is 0 Å². The van der Waals surface area contributed by atoms with E-state index in [0.29, 0.717) is 5.82 Å². The lowest BCUT2D eigenvalue weighted by atomic mass is 10.1. The number of rotatable bonds is 5. The van der Waals surface area contributed by atoms with Crippen LogP contribution in [0, 0.1) is 6.92 Å². The van der Waals surface area contributed by atoms with Crippen LogP contribution < -0.4 is 10.6 Å². The smallest absolute Gasteiger partial charge is 0.251 e. The van der Waals surface area contributed by atoms with Crippen LogP contribution in [0.15, 0.2) is 66.9 Å². The molecule has 5 nitrogen and oxygen atoms in total. The zero-order chi connectivity index (χ0) is 16.9. The summed E-state index contributed by atoms with van der Waals surface area (Å²) in [6, 6.07) is 18.7. The molecule has 0 aliphatic rings. The van der Waals surface area contributed by atoms with Gasteiger partial charge >= 0.3 is 0 Å². The van der Waals surface area contributed by atoms with Crippen molar-refractivity contribution in [2.24, 2.45) is 7.05 Å². The molecule has 0 saturated carbocycles. The predicted molar refractivity (Wildman–Crippen MR) is 95.8 cm³/mol. The van der Waals surface area contributed by atoms with E-state index in [4.69, 9.17) is 0 Å². The Morgan fingerprint density at radius 2 is 1.75 bits per heavy atom. The van der Waals surface area contributed by atoms with Gasteiger partial charge in [-0.2, -0.15) is 5.10 Å². The minimum Gasteiger partial charge on any atom is -0.353 e. The average molecular weight is 320 g/mol. The number of aromatic nitrogens is 2. The van der Waals surface area contributed by atoms with Crippen LogP contribution in [0.1, 0.15) is 17.2 Å². The number of hydrogen-bond donors (Lipinski definition) is 2. The van der Waals surface area contributed by atoms with E-state index in [-0.39, 0.29) is 5.91 Å². The molecule has 3 rings (SSSR count). The fourth-order valence-electron chi connectivity index (χ4n) is 2.44. The van der Waals surface area contributed by atoms with Gasteiger partial charge in [-0.05, 0) is 24.6 Å². The van der Waals surface area contributed by atoms with Crippen molar-refractivity contribution in [2.45, 2.75) is 13.0 Å². The first-order valence-electron chi connectivity index (χ1n) is 7.80. The normalized spacial score (nSPS) is 11.8. The van der Waals surface area contributed by atoms with Gasteiger partial charge in [0.15, 0.2) is 0 Å². The maximum absolute atomic E-state index is 12.8. The predicted octanol–water partition coefficient (Wildman–Crippen LogP) is 3.52. The zero-order valence-electron chi connectivity index (χ0n) is 13.7. The zero-order valence-corrected chi connectivity index (χ0v) is 13.7. The number of nitrogens with one attached hydrogen (secondary N) is 2. The number of benzene rings is 2. The Morgan fingerprint density at radius 1 is 1.04 bits per heavy atom. The monoisotopic (exact) mass is 320 g/mol. The van der Waals surface area contributed by atoms with Gasteiger partial charge in [0.25, 0.3) is 5.91 Å². The molecule has 0 saturated heterocycles. The number of anilines is 2. The Morgan fingerprint density at radius 3 is 2.38 bits per heavy atom. The highest BCUT2D eigenvalue weighted by molar-refractivity contribution is 5.97. The number of aryl methyl sites for hydroxylation is 2. The third-order valence-corrected chi connectivity index (χ3v) is 3.72. The van der Waals surface area contributed by atoms with Crippen molar-refractivity contribution in [2.75, 3.05) is 10.6 Å². The minimum absolute atomic E-state index is 0.129. The van der Waals surface area contributed by atoms with Crippen molar-refractivity contribution in [1.82, 2.24) is 9.78 Å². The molecule has 0 fully saturated rings. The highest BCUT2D eigenvalue weighted by Gasteiger charge is 2.21. The van der Waals surface area contributed by atoms with E-state index in [9.17, 15) is 4.79 Å². The maximum atomic E-state index is 12.8. The van der Waals surface area contributed by atoms with Gasteiger partial charge in [-0.25, -0.2) is 0 Å². The Bertz CT molecular complexity index is 809. The lowest BCUT2D eigenvalue weighted by Crippen LogP contribution is -2.27. The van der Waals surface area contributed by atoms with E-state index >= 15 is 0 Å². The van der Waals surface area contributed by atoms with Crippen LogP contribution in [0.2, 0.25) is 0 Å². The van der Waals surface area contributed by atoms with Gasteiger partial charge in [-0.3, -0.25) is 9.48 Å². The Hall–Kier alpha value is -3.08. The third kappa shape index (κ3) is 3.81. The lowest BCUT2D eigenvalue weighted by molar-refractivity contribution is -0.117. The molecule has 2 aromatic carbocycles. The van der Waals surface area contributed by atoms with Gasteiger partial charge < -0.3 is 10.6 Å². The van der Waals surface area contributed by atoms with E-state index in [2.05, 4.69) is 15.7 Å². The molecule has 1 amide bonds. The summed E-state index contributed by atoms with van der Waals surface area (Å²) in [7, 11) is 1.84. The molecule has 0 radical (unpaired) electrons. The topological polar surface area (TPSA) is 59.0 Å². The molecule has 2 N–H and O–H groups in total. The average Bonchev–Trinajstić information content (AvgIpc) is 3.00. The van der Waals surface area contributed by atoms with Crippen molar-refractivity contribution in [3.05, 3.63) is 78.0 Å². The summed E-state index contributed by atoms with van der Waals surface area (Å²) in [6.45, 7) is 2.01. The molecule has 24 heavy (non-hydrogen) atoms. The molecular formula is C19H20N4O. The summed E-state index contributed by atoms with van der Waals surface area (Å²) >= 11 is 0. The number of carbonyl (C=O) groups excluding carboxylic acids is 1. The van der Waals surface area contributed by atoms with E-state index in [1.807, 2.05) is 80.8 Å². The SMILES string of the molecule is Cc1ccc(NC(=O)[C@H](Nc2ccn(C)n2)c2ccccc2)cc1. The van der Waals surface area contributed by atoms with E-state index in [1.54, 1.807) is 4.68 Å². The number of nitrogens with zero attached hydrogens (tertiary/aromatic N) is 2. The van der Waals surface area contributed by atoms with Gasteiger partial charge in [0.05, 0.1) is 0 Å². The summed E-state index contributed by atoms with van der Waals surface area (Å²) in [5, 5.41) is 10.5. The summed E-state index contributed by atoms with van der Waals surface area (Å²) in [4.78, 5) is 12.8. The largest absolute Gasteiger partial charge is 0.353 e. The molecule has 1 atom stereocenters. The fraction of sp³-hybridized carbons (Fsp3) is 0.158. The Labute approximate surface area is 141 Å². The van der Waals surface area contributed by atoms with Crippen molar-refractivity contribution in [1.29, 1.82) is 0 Å². The van der Waals surface area contributed by atoms with Crippen LogP contribution in [-0.2, 0) is 11.8 Å². The van der Waals surface area contributed by atoms with Crippen LogP contribution in [0.5, 0.6) is 0 Å². The quantitative estimate of drug-likeness (QED) is 0.756. The van der Waals surface area contributed by atoms with Crippen molar-refractivity contribution >= 4 is 17.4 Å². The molecule has 3 aromatic rings. The van der Waals surface area contributed by atoms with E-state index < -0.39 is 6.04 Å². The number of hydrogen-bond acceptors (Lipinski definition) is 3. The molecule has 0 spiro atoms. The van der Waals surface area contributed by atoms with Crippen LogP contribution in [0.3, 0.4) is 0 Å². The highest BCUT2D eigenvalue weighted by Crippen LogP contribution is 2.21. The van der Waals surface area contributed by atoms with Gasteiger partial charge in [0.1, 0.15) is 11.9 Å². The first kappa shape index (κ1) is 15.8. The van der Waals surface area contributed by atoms with Crippen LogP contribution in [0.4, 0.5) is 11.5 Å². The maximum Gasteiger partial charge on any atom is 0.251 e. The molecule has 0 aliphatic heterocycles.